The Balaban J connectivity index is 2.98. The fourth-order valence-corrected chi connectivity index (χ4v) is 2.97. The van der Waals surface area contributed by atoms with E-state index in [2.05, 4.69) is 18.3 Å². The van der Waals surface area contributed by atoms with Gasteiger partial charge in [0, 0.05) is 5.92 Å². The van der Waals surface area contributed by atoms with Gasteiger partial charge in [0.15, 0.2) is 10.7 Å². The van der Waals surface area contributed by atoms with Crippen molar-refractivity contribution < 1.29 is 39.0 Å². The Morgan fingerprint density at radius 2 is 1.69 bits per heavy atom. The topological polar surface area (TPSA) is 167 Å². The highest BCUT2D eigenvalue weighted by Gasteiger charge is 2.30. The average Bonchev–Trinajstić information content (AvgIpc) is 2.80. The maximum absolute atomic E-state index is 11.1. The fraction of sp³-hybridized carbons (Fsp3) is 0.455. The van der Waals surface area contributed by atoms with Crippen molar-refractivity contribution in [3.63, 3.8) is 0 Å². The van der Waals surface area contributed by atoms with Crippen LogP contribution in [0.5, 0.6) is 17.6 Å². The molecule has 0 spiro atoms. The lowest BCUT2D eigenvalue weighted by atomic mass is 10.2. The zero-order chi connectivity index (χ0) is 19.9. The summed E-state index contributed by atoms with van der Waals surface area (Å²) in [5.41, 5.74) is -0.438. The lowest BCUT2D eigenvalue weighted by Gasteiger charge is -2.13. The highest BCUT2D eigenvalue weighted by atomic mass is 35.5. The minimum Gasteiger partial charge on any atom is -0.465 e. The van der Waals surface area contributed by atoms with E-state index in [1.54, 1.807) is 20.8 Å². The molecule has 0 aliphatic rings. The number of hydrogen-bond donors (Lipinski definition) is 2. The zero-order valence-electron chi connectivity index (χ0n) is 13.6. The number of halogens is 1. The van der Waals surface area contributed by atoms with Crippen LogP contribution in [0, 0.1) is 0 Å². The van der Waals surface area contributed by atoms with Crippen LogP contribution in [0.2, 0.25) is 5.15 Å². The molecule has 26 heavy (non-hydrogen) atoms. The normalized spacial score (nSPS) is 12.6. The van der Waals surface area contributed by atoms with Crippen LogP contribution in [0.1, 0.15) is 32.5 Å². The number of hydrogen-bond acceptors (Lipinski definition) is 9. The molecule has 0 atom stereocenters. The Labute approximate surface area is 153 Å². The van der Waals surface area contributed by atoms with Crippen molar-refractivity contribution in [3.8, 4) is 17.6 Å². The number of fused-ring (bicyclic) bond motifs is 1. The molecule has 2 aromatic heterocycles. The maximum Gasteiger partial charge on any atom is 0.448 e. The summed E-state index contributed by atoms with van der Waals surface area (Å²) in [4.78, 5) is 7.74. The first kappa shape index (κ1) is 20.4. The second kappa shape index (κ2) is 7.03. The summed E-state index contributed by atoms with van der Waals surface area (Å²) in [5.74, 6) is -1.75. The van der Waals surface area contributed by atoms with Crippen molar-refractivity contribution in [1.82, 2.24) is 14.4 Å². The molecule has 12 nitrogen and oxygen atoms in total. The van der Waals surface area contributed by atoms with E-state index < -0.39 is 43.1 Å². The molecular weight excluding hydrogens is 418 g/mol. The monoisotopic (exact) mass is 431 g/mol. The number of aromatic nitrogens is 3. The quantitative estimate of drug-likeness (QED) is 0.478. The van der Waals surface area contributed by atoms with Gasteiger partial charge in [0.2, 0.25) is 5.75 Å². The van der Waals surface area contributed by atoms with Gasteiger partial charge in [0.25, 0.3) is 5.88 Å². The molecule has 0 aliphatic heterocycles. The largest absolute Gasteiger partial charge is 0.465 e. The van der Waals surface area contributed by atoms with Gasteiger partial charge in [-0.05, 0) is 6.92 Å². The van der Waals surface area contributed by atoms with Gasteiger partial charge < -0.3 is 13.1 Å². The minimum atomic E-state index is -5.06. The van der Waals surface area contributed by atoms with E-state index in [-0.39, 0.29) is 24.4 Å². The summed E-state index contributed by atoms with van der Waals surface area (Å²) in [6.45, 7) is 5.12. The Morgan fingerprint density at radius 3 is 2.15 bits per heavy atom. The van der Waals surface area contributed by atoms with Crippen molar-refractivity contribution in [2.45, 2.75) is 26.7 Å². The molecule has 2 aromatic rings. The van der Waals surface area contributed by atoms with Crippen LogP contribution in [0.3, 0.4) is 0 Å². The Hall–Kier alpha value is -1.87. The molecule has 0 fully saturated rings. The van der Waals surface area contributed by atoms with Crippen molar-refractivity contribution >= 4 is 37.9 Å². The number of imidazole rings is 1. The molecule has 2 rings (SSSR count). The third-order valence-electron chi connectivity index (χ3n) is 2.82. The maximum atomic E-state index is 11.1. The molecule has 0 bridgehead atoms. The SMILES string of the molecule is CCOc1nc(Cl)c(OS(=O)(=O)O)c2c(OS(=O)(=O)O)nc(C(C)C)n12. The fourth-order valence-electron chi connectivity index (χ4n) is 2.04. The second-order valence-corrected chi connectivity index (χ2v) is 7.49. The van der Waals surface area contributed by atoms with Gasteiger partial charge in [-0.3, -0.25) is 9.11 Å². The molecule has 0 unspecified atom stereocenters. The molecule has 0 radical (unpaired) electrons. The van der Waals surface area contributed by atoms with E-state index in [1.807, 2.05) is 0 Å². The third-order valence-corrected chi connectivity index (χ3v) is 3.82. The third kappa shape index (κ3) is 4.45. The first-order chi connectivity index (χ1) is 11.8. The highest BCUT2D eigenvalue weighted by molar-refractivity contribution is 7.81. The van der Waals surface area contributed by atoms with E-state index in [4.69, 9.17) is 25.4 Å². The van der Waals surface area contributed by atoms with E-state index in [0.717, 1.165) is 4.40 Å². The molecule has 2 N–H and O–H groups in total. The number of nitrogens with zero attached hydrogens (tertiary/aromatic N) is 3. The smallest absolute Gasteiger partial charge is 0.448 e. The van der Waals surface area contributed by atoms with Gasteiger partial charge in [-0.1, -0.05) is 25.4 Å². The van der Waals surface area contributed by atoms with Crippen molar-refractivity contribution in [2.75, 3.05) is 6.61 Å². The zero-order valence-corrected chi connectivity index (χ0v) is 16.0. The minimum absolute atomic E-state index is 0.126. The van der Waals surface area contributed by atoms with Crippen LogP contribution < -0.4 is 13.1 Å². The molecule has 2 heterocycles. The molecule has 146 valence electrons. The van der Waals surface area contributed by atoms with Gasteiger partial charge in [0.1, 0.15) is 5.82 Å². The summed E-state index contributed by atoms with van der Waals surface area (Å²) >= 11 is 5.88. The van der Waals surface area contributed by atoms with Crippen LogP contribution in [0.4, 0.5) is 0 Å². The van der Waals surface area contributed by atoms with Crippen molar-refractivity contribution in [1.29, 1.82) is 0 Å². The van der Waals surface area contributed by atoms with Crippen LogP contribution in [-0.4, -0.2) is 46.9 Å². The summed E-state index contributed by atoms with van der Waals surface area (Å²) in [6.07, 6.45) is 0. The van der Waals surface area contributed by atoms with Gasteiger partial charge in [-0.2, -0.15) is 26.8 Å². The molecule has 0 saturated carbocycles. The summed E-state index contributed by atoms with van der Waals surface area (Å²) in [7, 11) is -10.1. The first-order valence-electron chi connectivity index (χ1n) is 6.92. The van der Waals surface area contributed by atoms with Crippen LogP contribution in [0.15, 0.2) is 0 Å². The van der Waals surface area contributed by atoms with E-state index in [0.29, 0.717) is 0 Å². The molecule has 0 saturated heterocycles. The van der Waals surface area contributed by atoms with Gasteiger partial charge >= 0.3 is 26.8 Å². The van der Waals surface area contributed by atoms with Crippen LogP contribution in [0.25, 0.3) is 5.52 Å². The molecular formula is C11H14ClN3O9S2. The molecule has 15 heteroatoms. The number of rotatable bonds is 7. The van der Waals surface area contributed by atoms with Crippen LogP contribution >= 0.6 is 11.6 Å². The van der Waals surface area contributed by atoms with E-state index >= 15 is 0 Å². The summed E-state index contributed by atoms with van der Waals surface area (Å²) < 4.78 is 77.6. The summed E-state index contributed by atoms with van der Waals surface area (Å²) in [6, 6.07) is -0.170. The van der Waals surface area contributed by atoms with Crippen molar-refractivity contribution in [2.24, 2.45) is 0 Å². The lowest BCUT2D eigenvalue weighted by molar-refractivity contribution is 0.304. The van der Waals surface area contributed by atoms with E-state index in [1.165, 1.54) is 0 Å². The molecule has 0 aliphatic carbocycles. The number of ether oxygens (including phenoxy) is 1. The van der Waals surface area contributed by atoms with Gasteiger partial charge in [-0.25, -0.2) is 4.40 Å². The molecule has 0 amide bonds. The standard InChI is InChI=1S/C11H14ClN3O9S2/c1-4-22-11-13-8(12)7(23-25(16,17)18)6-10(24-26(19,20)21)14-9(5(2)3)15(6)11/h5H,4H2,1-3H3,(H,16,17,18)(H,19,20,21). The lowest BCUT2D eigenvalue weighted by Crippen LogP contribution is -2.12. The second-order valence-electron chi connectivity index (χ2n) is 5.08. The summed E-state index contributed by atoms with van der Waals surface area (Å²) in [5, 5.41) is -0.589. The Kier molecular flexibility index (Phi) is 5.53. The predicted octanol–water partition coefficient (Wildman–Crippen LogP) is 1.27. The average molecular weight is 432 g/mol. The predicted molar refractivity (Wildman–Crippen MR) is 87.6 cm³/mol. The van der Waals surface area contributed by atoms with Crippen LogP contribution in [-0.2, 0) is 20.8 Å². The van der Waals surface area contributed by atoms with Crippen molar-refractivity contribution in [3.05, 3.63) is 11.0 Å². The Bertz CT molecular complexity index is 1050. The van der Waals surface area contributed by atoms with E-state index in [9.17, 15) is 16.8 Å². The van der Waals surface area contributed by atoms with Gasteiger partial charge in [0.05, 0.1) is 6.61 Å². The Morgan fingerprint density at radius 1 is 1.12 bits per heavy atom. The van der Waals surface area contributed by atoms with Gasteiger partial charge in [-0.15, -0.1) is 0 Å². The highest BCUT2D eigenvalue weighted by Crippen LogP contribution is 2.40. The first-order valence-corrected chi connectivity index (χ1v) is 10.0. The molecule has 0 aromatic carbocycles.